The van der Waals surface area contributed by atoms with Gasteiger partial charge in [0.05, 0.1) is 30.2 Å². The van der Waals surface area contributed by atoms with Crippen LogP contribution in [0.25, 0.3) is 5.57 Å². The second-order valence-electron chi connectivity index (χ2n) is 8.90. The lowest BCUT2D eigenvalue weighted by Crippen LogP contribution is -2.58. The van der Waals surface area contributed by atoms with Crippen LogP contribution in [0.1, 0.15) is 42.0 Å². The molecule has 0 bridgehead atoms. The van der Waals surface area contributed by atoms with E-state index in [1.54, 1.807) is 6.33 Å². The van der Waals surface area contributed by atoms with Crippen molar-refractivity contribution in [1.29, 1.82) is 0 Å². The van der Waals surface area contributed by atoms with Crippen LogP contribution in [0.2, 0.25) is 0 Å². The third-order valence-electron chi connectivity index (χ3n) is 7.12. The van der Waals surface area contributed by atoms with E-state index in [2.05, 4.69) is 49.8 Å². The Balaban J connectivity index is 1.23. The molecule has 0 amide bonds. The van der Waals surface area contributed by atoms with Crippen LogP contribution in [0.15, 0.2) is 30.6 Å². The number of nitrogens with zero attached hydrogens (tertiary/aromatic N) is 3. The highest BCUT2D eigenvalue weighted by Crippen LogP contribution is 2.39. The number of aromatic nitrogens is 2. The maximum atomic E-state index is 6.20. The summed E-state index contributed by atoms with van der Waals surface area (Å²) < 4.78 is 11.7. The second-order valence-corrected chi connectivity index (χ2v) is 8.90. The Kier molecular flexibility index (Phi) is 5.10. The lowest BCUT2D eigenvalue weighted by molar-refractivity contribution is 0.113. The molecule has 0 atom stereocenters. The molecule has 0 unspecified atom stereocenters. The molecule has 2 aromatic rings. The van der Waals surface area contributed by atoms with Gasteiger partial charge < -0.3 is 20.1 Å². The van der Waals surface area contributed by atoms with Gasteiger partial charge in [-0.3, -0.25) is 4.90 Å². The summed E-state index contributed by atoms with van der Waals surface area (Å²) >= 11 is 0. The smallest absolute Gasteiger partial charge is 0.143 e. The van der Waals surface area contributed by atoms with Gasteiger partial charge in [0.2, 0.25) is 0 Å². The van der Waals surface area contributed by atoms with Crippen LogP contribution in [0.5, 0.6) is 5.75 Å². The zero-order valence-corrected chi connectivity index (χ0v) is 17.8. The molecule has 0 spiro atoms. The second kappa shape index (κ2) is 8.22. The van der Waals surface area contributed by atoms with E-state index in [-0.39, 0.29) is 0 Å². The van der Waals surface area contributed by atoms with E-state index in [0.29, 0.717) is 19.1 Å². The number of anilines is 2. The van der Waals surface area contributed by atoms with Crippen molar-refractivity contribution in [2.24, 2.45) is 0 Å². The fourth-order valence-corrected chi connectivity index (χ4v) is 5.11. The quantitative estimate of drug-likeness (QED) is 0.792. The molecule has 1 aromatic heterocycles. The molecular formula is C24H29N5O2. The average Bonchev–Trinajstić information content (AvgIpc) is 2.97. The number of benzene rings is 1. The van der Waals surface area contributed by atoms with E-state index < -0.39 is 0 Å². The normalized spacial score (nSPS) is 22.3. The van der Waals surface area contributed by atoms with Crippen molar-refractivity contribution in [1.82, 2.24) is 20.2 Å². The molecule has 4 aliphatic heterocycles. The van der Waals surface area contributed by atoms with E-state index in [1.165, 1.54) is 37.1 Å². The van der Waals surface area contributed by atoms with E-state index >= 15 is 0 Å². The van der Waals surface area contributed by atoms with Gasteiger partial charge in [0.25, 0.3) is 0 Å². The van der Waals surface area contributed by atoms with Crippen molar-refractivity contribution in [2.45, 2.75) is 37.8 Å². The lowest BCUT2D eigenvalue weighted by Gasteiger charge is -2.42. The Labute approximate surface area is 182 Å². The van der Waals surface area contributed by atoms with Gasteiger partial charge in [-0.2, -0.15) is 0 Å². The third-order valence-corrected chi connectivity index (χ3v) is 7.12. The number of hydrogen-bond donors (Lipinski definition) is 2. The molecule has 2 N–H and O–H groups in total. The van der Waals surface area contributed by atoms with E-state index in [9.17, 15) is 0 Å². The fourth-order valence-electron chi connectivity index (χ4n) is 5.11. The number of ether oxygens (including phenoxy) is 2. The van der Waals surface area contributed by atoms with Gasteiger partial charge in [0.1, 0.15) is 24.5 Å². The molecule has 2 saturated heterocycles. The summed E-state index contributed by atoms with van der Waals surface area (Å²) in [6.45, 7) is 6.53. The summed E-state index contributed by atoms with van der Waals surface area (Å²) in [5.74, 6) is 2.33. The third kappa shape index (κ3) is 3.71. The monoisotopic (exact) mass is 419 g/mol. The van der Waals surface area contributed by atoms with Crippen LogP contribution in [-0.2, 0) is 11.3 Å². The van der Waals surface area contributed by atoms with E-state index in [1.807, 2.05) is 0 Å². The molecule has 0 aliphatic carbocycles. The maximum absolute atomic E-state index is 6.20. The number of rotatable bonds is 3. The Morgan fingerprint density at radius 2 is 2.00 bits per heavy atom. The Hall–Kier alpha value is -2.48. The average molecular weight is 420 g/mol. The van der Waals surface area contributed by atoms with Gasteiger partial charge >= 0.3 is 0 Å². The van der Waals surface area contributed by atoms with Crippen LogP contribution in [0, 0.1) is 0 Å². The van der Waals surface area contributed by atoms with Gasteiger partial charge in [-0.1, -0.05) is 12.1 Å². The Morgan fingerprint density at radius 3 is 2.77 bits per heavy atom. The number of piperidine rings is 1. The minimum atomic E-state index is 0.469. The van der Waals surface area contributed by atoms with Crippen LogP contribution < -0.4 is 15.4 Å². The van der Waals surface area contributed by atoms with Crippen molar-refractivity contribution in [2.75, 3.05) is 44.7 Å². The predicted octanol–water partition coefficient (Wildman–Crippen LogP) is 3.07. The molecule has 162 valence electrons. The molecule has 2 fully saturated rings. The van der Waals surface area contributed by atoms with Crippen LogP contribution in [0.4, 0.5) is 11.5 Å². The SMILES string of the molecule is C1=C(c2ncnc3c2COc2ccc(C4CCN(C5CNC5)CC4)cc2N3)CCOC1. The molecule has 0 saturated carbocycles. The first-order chi connectivity index (χ1) is 15.3. The predicted molar refractivity (Wildman–Crippen MR) is 120 cm³/mol. The van der Waals surface area contributed by atoms with Crippen molar-refractivity contribution in [3.05, 3.63) is 47.4 Å². The summed E-state index contributed by atoms with van der Waals surface area (Å²) in [6.07, 6.45) is 7.08. The molecule has 6 rings (SSSR count). The van der Waals surface area contributed by atoms with Gasteiger partial charge in [0.15, 0.2) is 0 Å². The minimum absolute atomic E-state index is 0.469. The van der Waals surface area contributed by atoms with Crippen LogP contribution in [0.3, 0.4) is 0 Å². The van der Waals surface area contributed by atoms with Gasteiger partial charge in [-0.15, -0.1) is 0 Å². The number of likely N-dealkylation sites (tertiary alicyclic amines) is 1. The first kappa shape index (κ1) is 19.2. The highest BCUT2D eigenvalue weighted by molar-refractivity contribution is 5.74. The highest BCUT2D eigenvalue weighted by Gasteiger charge is 2.29. The molecular weight excluding hydrogens is 390 g/mol. The van der Waals surface area contributed by atoms with Crippen LogP contribution in [-0.4, -0.2) is 60.3 Å². The minimum Gasteiger partial charge on any atom is -0.486 e. The number of hydrogen-bond acceptors (Lipinski definition) is 7. The van der Waals surface area contributed by atoms with Gasteiger partial charge in [-0.25, -0.2) is 9.97 Å². The summed E-state index contributed by atoms with van der Waals surface area (Å²) in [6, 6.07) is 7.38. The van der Waals surface area contributed by atoms with Crippen molar-refractivity contribution < 1.29 is 9.47 Å². The van der Waals surface area contributed by atoms with Crippen LogP contribution >= 0.6 is 0 Å². The number of fused-ring (bicyclic) bond motifs is 2. The zero-order chi connectivity index (χ0) is 20.6. The van der Waals surface area contributed by atoms with Gasteiger partial charge in [0, 0.05) is 19.1 Å². The summed E-state index contributed by atoms with van der Waals surface area (Å²) in [5, 5.41) is 6.94. The molecule has 7 heteroatoms. The molecule has 5 heterocycles. The van der Waals surface area contributed by atoms with Gasteiger partial charge in [-0.05, 0) is 61.5 Å². The molecule has 7 nitrogen and oxygen atoms in total. The topological polar surface area (TPSA) is 71.5 Å². The summed E-state index contributed by atoms with van der Waals surface area (Å²) in [5.41, 5.74) is 5.62. The Bertz CT molecular complexity index is 995. The first-order valence-corrected chi connectivity index (χ1v) is 11.4. The van der Waals surface area contributed by atoms with E-state index in [4.69, 9.17) is 9.47 Å². The van der Waals surface area contributed by atoms with E-state index in [0.717, 1.165) is 60.7 Å². The Morgan fingerprint density at radius 1 is 1.10 bits per heavy atom. The fraction of sp³-hybridized carbons (Fsp3) is 0.500. The van der Waals surface area contributed by atoms with Crippen molar-refractivity contribution in [3.8, 4) is 5.75 Å². The van der Waals surface area contributed by atoms with Crippen molar-refractivity contribution >= 4 is 17.1 Å². The molecule has 4 aliphatic rings. The summed E-state index contributed by atoms with van der Waals surface area (Å²) in [7, 11) is 0. The first-order valence-electron chi connectivity index (χ1n) is 11.4. The zero-order valence-electron chi connectivity index (χ0n) is 17.8. The largest absolute Gasteiger partial charge is 0.486 e. The van der Waals surface area contributed by atoms with Crippen molar-refractivity contribution in [3.63, 3.8) is 0 Å². The molecule has 0 radical (unpaired) electrons. The lowest BCUT2D eigenvalue weighted by atomic mass is 9.88. The molecule has 1 aromatic carbocycles. The standard InChI is InChI=1S/C24H29N5O2/c1-2-22-21(11-18(1)16-3-7-29(8-4-16)19-12-25-13-19)28-24-20(14-31-22)23(26-15-27-24)17-5-9-30-10-6-17/h1-2,5,11,15-16,19,25H,3-4,6-10,12-14H2,(H,26,27,28). The highest BCUT2D eigenvalue weighted by atomic mass is 16.5. The summed E-state index contributed by atoms with van der Waals surface area (Å²) in [4.78, 5) is 11.8. The number of nitrogens with one attached hydrogen (secondary N) is 2. The maximum Gasteiger partial charge on any atom is 0.143 e. The molecule has 31 heavy (non-hydrogen) atoms.